The summed E-state index contributed by atoms with van der Waals surface area (Å²) >= 11 is 0. The van der Waals surface area contributed by atoms with Gasteiger partial charge in [0.05, 0.1) is 18.8 Å². The third kappa shape index (κ3) is 3.47. The van der Waals surface area contributed by atoms with Crippen LogP contribution in [0, 0.1) is 6.92 Å². The molecule has 0 unspecified atom stereocenters. The lowest BCUT2D eigenvalue weighted by Gasteiger charge is -2.34. The Labute approximate surface area is 129 Å². The van der Waals surface area contributed by atoms with E-state index in [1.54, 1.807) is 4.90 Å². The SMILES string of the molecule is Cc1cc(CN2CCN(C(=O)CN3CCCC3=O)CC2)on1. The molecule has 1 aromatic rings. The fraction of sp³-hybridized carbons (Fsp3) is 0.667. The van der Waals surface area contributed by atoms with Gasteiger partial charge in [-0.1, -0.05) is 5.16 Å². The second-order valence-electron chi connectivity index (χ2n) is 6.01. The number of piperazine rings is 1. The Hall–Kier alpha value is -1.89. The average molecular weight is 306 g/mol. The lowest BCUT2D eigenvalue weighted by atomic mass is 10.2. The number of hydrogen-bond donors (Lipinski definition) is 0. The van der Waals surface area contributed by atoms with Gasteiger partial charge in [0.2, 0.25) is 11.8 Å². The number of rotatable bonds is 4. The van der Waals surface area contributed by atoms with Crippen LogP contribution in [0.3, 0.4) is 0 Å². The molecule has 0 radical (unpaired) electrons. The number of aryl methyl sites for hydroxylation is 1. The normalized spacial score (nSPS) is 20.0. The lowest BCUT2D eigenvalue weighted by molar-refractivity contribution is -0.139. The smallest absolute Gasteiger partial charge is 0.242 e. The first-order chi connectivity index (χ1) is 10.6. The first-order valence-corrected chi connectivity index (χ1v) is 7.82. The van der Waals surface area contributed by atoms with Gasteiger partial charge in [0.25, 0.3) is 0 Å². The van der Waals surface area contributed by atoms with Crippen LogP contribution in [0.5, 0.6) is 0 Å². The van der Waals surface area contributed by atoms with Gasteiger partial charge < -0.3 is 14.3 Å². The standard InChI is InChI=1S/C15H22N4O3/c1-12-9-13(22-16-12)10-17-5-7-18(8-6-17)15(21)11-19-4-2-3-14(19)20/h9H,2-8,10-11H2,1H3. The fourth-order valence-electron chi connectivity index (χ4n) is 3.00. The zero-order valence-corrected chi connectivity index (χ0v) is 13.0. The quantitative estimate of drug-likeness (QED) is 0.797. The maximum atomic E-state index is 12.3. The first-order valence-electron chi connectivity index (χ1n) is 7.82. The minimum Gasteiger partial charge on any atom is -0.360 e. The molecule has 0 saturated carbocycles. The van der Waals surface area contributed by atoms with E-state index in [-0.39, 0.29) is 18.4 Å². The van der Waals surface area contributed by atoms with Crippen LogP contribution in [0.1, 0.15) is 24.3 Å². The molecular weight excluding hydrogens is 284 g/mol. The molecule has 2 saturated heterocycles. The van der Waals surface area contributed by atoms with Crippen LogP contribution < -0.4 is 0 Å². The second-order valence-corrected chi connectivity index (χ2v) is 6.01. The van der Waals surface area contributed by atoms with Gasteiger partial charge in [-0.3, -0.25) is 14.5 Å². The maximum Gasteiger partial charge on any atom is 0.242 e. The first kappa shape index (κ1) is 15.0. The summed E-state index contributed by atoms with van der Waals surface area (Å²) < 4.78 is 5.23. The summed E-state index contributed by atoms with van der Waals surface area (Å²) in [5, 5.41) is 3.89. The number of amides is 2. The summed E-state index contributed by atoms with van der Waals surface area (Å²) in [5.74, 6) is 1.03. The van der Waals surface area contributed by atoms with Gasteiger partial charge in [-0.2, -0.15) is 0 Å². The molecule has 3 rings (SSSR count). The van der Waals surface area contributed by atoms with E-state index in [0.717, 1.165) is 44.1 Å². The minimum atomic E-state index is 0.0606. The van der Waals surface area contributed by atoms with Crippen LogP contribution in [0.2, 0.25) is 0 Å². The van der Waals surface area contributed by atoms with Crippen molar-refractivity contribution in [3.8, 4) is 0 Å². The number of likely N-dealkylation sites (tertiary alicyclic amines) is 1. The molecule has 7 nitrogen and oxygen atoms in total. The predicted molar refractivity (Wildman–Crippen MR) is 78.9 cm³/mol. The summed E-state index contributed by atoms with van der Waals surface area (Å²) in [6, 6.07) is 1.94. The second kappa shape index (κ2) is 6.48. The topological polar surface area (TPSA) is 69.9 Å². The highest BCUT2D eigenvalue weighted by molar-refractivity contribution is 5.85. The van der Waals surface area contributed by atoms with Gasteiger partial charge in [-0.05, 0) is 13.3 Å². The number of carbonyl (C=O) groups is 2. The van der Waals surface area contributed by atoms with Gasteiger partial charge in [0.1, 0.15) is 0 Å². The van der Waals surface area contributed by atoms with Crippen LogP contribution in [0.15, 0.2) is 10.6 Å². The third-order valence-corrected chi connectivity index (χ3v) is 4.28. The molecular formula is C15H22N4O3. The monoisotopic (exact) mass is 306 g/mol. The van der Waals surface area contributed by atoms with E-state index in [0.29, 0.717) is 19.5 Å². The van der Waals surface area contributed by atoms with E-state index in [2.05, 4.69) is 10.1 Å². The van der Waals surface area contributed by atoms with Crippen molar-refractivity contribution in [1.82, 2.24) is 19.9 Å². The molecule has 2 aliphatic rings. The molecule has 2 aliphatic heterocycles. The van der Waals surface area contributed by atoms with Gasteiger partial charge >= 0.3 is 0 Å². The summed E-state index contributed by atoms with van der Waals surface area (Å²) in [6.45, 7) is 6.63. The zero-order chi connectivity index (χ0) is 15.5. The highest BCUT2D eigenvalue weighted by atomic mass is 16.5. The average Bonchev–Trinajstić information content (AvgIpc) is 3.09. The van der Waals surface area contributed by atoms with Gasteiger partial charge in [0.15, 0.2) is 5.76 Å². The van der Waals surface area contributed by atoms with Crippen molar-refractivity contribution in [2.24, 2.45) is 0 Å². The molecule has 22 heavy (non-hydrogen) atoms. The lowest BCUT2D eigenvalue weighted by Crippen LogP contribution is -2.51. The fourth-order valence-corrected chi connectivity index (χ4v) is 3.00. The Balaban J connectivity index is 1.44. The van der Waals surface area contributed by atoms with E-state index in [1.165, 1.54) is 0 Å². The van der Waals surface area contributed by atoms with E-state index >= 15 is 0 Å². The molecule has 0 aliphatic carbocycles. The van der Waals surface area contributed by atoms with Crippen LogP contribution >= 0.6 is 0 Å². The van der Waals surface area contributed by atoms with Crippen molar-refractivity contribution in [3.05, 3.63) is 17.5 Å². The van der Waals surface area contributed by atoms with Crippen molar-refractivity contribution < 1.29 is 14.1 Å². The zero-order valence-electron chi connectivity index (χ0n) is 13.0. The maximum absolute atomic E-state index is 12.3. The molecule has 0 bridgehead atoms. The van der Waals surface area contributed by atoms with Gasteiger partial charge in [0, 0.05) is 45.2 Å². The Bertz CT molecular complexity index is 549. The molecule has 3 heterocycles. The van der Waals surface area contributed by atoms with Crippen LogP contribution in [-0.2, 0) is 16.1 Å². The van der Waals surface area contributed by atoms with Crippen molar-refractivity contribution in [3.63, 3.8) is 0 Å². The van der Waals surface area contributed by atoms with E-state index in [1.807, 2.05) is 17.9 Å². The third-order valence-electron chi connectivity index (χ3n) is 4.28. The molecule has 0 atom stereocenters. The summed E-state index contributed by atoms with van der Waals surface area (Å²) in [7, 11) is 0. The van der Waals surface area contributed by atoms with Crippen molar-refractivity contribution >= 4 is 11.8 Å². The highest BCUT2D eigenvalue weighted by Crippen LogP contribution is 2.12. The van der Waals surface area contributed by atoms with E-state index in [4.69, 9.17) is 4.52 Å². The number of carbonyl (C=O) groups excluding carboxylic acids is 2. The summed E-state index contributed by atoms with van der Waals surface area (Å²) in [4.78, 5) is 29.6. The van der Waals surface area contributed by atoms with Crippen molar-refractivity contribution in [2.45, 2.75) is 26.3 Å². The molecule has 1 aromatic heterocycles. The molecule has 7 heteroatoms. The largest absolute Gasteiger partial charge is 0.360 e. The molecule has 2 amide bonds. The van der Waals surface area contributed by atoms with Gasteiger partial charge in [-0.15, -0.1) is 0 Å². The Morgan fingerprint density at radius 3 is 2.64 bits per heavy atom. The highest BCUT2D eigenvalue weighted by Gasteiger charge is 2.27. The van der Waals surface area contributed by atoms with Crippen molar-refractivity contribution in [2.75, 3.05) is 39.3 Å². The Morgan fingerprint density at radius 1 is 1.27 bits per heavy atom. The van der Waals surface area contributed by atoms with Crippen molar-refractivity contribution in [1.29, 1.82) is 0 Å². The van der Waals surface area contributed by atoms with Crippen LogP contribution in [0.4, 0.5) is 0 Å². The molecule has 0 aromatic carbocycles. The van der Waals surface area contributed by atoms with Gasteiger partial charge in [-0.25, -0.2) is 0 Å². The molecule has 120 valence electrons. The van der Waals surface area contributed by atoms with Crippen LogP contribution in [0.25, 0.3) is 0 Å². The molecule has 0 N–H and O–H groups in total. The number of hydrogen-bond acceptors (Lipinski definition) is 5. The van der Waals surface area contributed by atoms with Crippen LogP contribution in [-0.4, -0.2) is 70.9 Å². The minimum absolute atomic E-state index is 0.0606. The number of nitrogens with zero attached hydrogens (tertiary/aromatic N) is 4. The Morgan fingerprint density at radius 2 is 2.05 bits per heavy atom. The van der Waals surface area contributed by atoms with E-state index < -0.39 is 0 Å². The summed E-state index contributed by atoms with van der Waals surface area (Å²) in [6.07, 6.45) is 1.45. The Kier molecular flexibility index (Phi) is 4.42. The number of aromatic nitrogens is 1. The summed E-state index contributed by atoms with van der Waals surface area (Å²) in [5.41, 5.74) is 0.888. The molecule has 0 spiro atoms. The van der Waals surface area contributed by atoms with E-state index in [9.17, 15) is 9.59 Å². The predicted octanol–water partition coefficient (Wildman–Crippen LogP) is 0.250. The molecule has 2 fully saturated rings.